The first kappa shape index (κ1) is 21.3. The van der Waals surface area contributed by atoms with Gasteiger partial charge in [0, 0.05) is 6.42 Å². The lowest BCUT2D eigenvalue weighted by Gasteiger charge is -2.34. The van der Waals surface area contributed by atoms with Gasteiger partial charge in [-0.25, -0.2) is 18.5 Å². The fraction of sp³-hybridized carbons (Fsp3) is 0.688. The first-order chi connectivity index (χ1) is 11.7. The zero-order valence-corrected chi connectivity index (χ0v) is 16.6. The van der Waals surface area contributed by atoms with Crippen molar-refractivity contribution in [2.45, 2.75) is 66.2 Å². The maximum atomic E-state index is 13.1. The van der Waals surface area contributed by atoms with Gasteiger partial charge in [0.15, 0.2) is 12.3 Å². The van der Waals surface area contributed by atoms with Crippen LogP contribution in [0.2, 0.25) is 0 Å². The van der Waals surface area contributed by atoms with Gasteiger partial charge in [-0.1, -0.05) is 13.8 Å². The van der Waals surface area contributed by atoms with Crippen molar-refractivity contribution < 1.29 is 22.9 Å². The van der Waals surface area contributed by atoms with E-state index in [0.29, 0.717) is 17.2 Å². The zero-order valence-electron chi connectivity index (χ0n) is 15.8. The monoisotopic (exact) mass is 375 g/mol. The largest absolute Gasteiger partial charge is 0.467 e. The Hall–Kier alpha value is -1.77. The average Bonchev–Trinajstić information content (AvgIpc) is 2.87. The maximum Gasteiger partial charge on any atom is 0.411 e. The lowest BCUT2D eigenvalue weighted by molar-refractivity contribution is -0.147. The molecule has 1 aromatic rings. The van der Waals surface area contributed by atoms with Crippen molar-refractivity contribution in [3.8, 4) is 0 Å². The van der Waals surface area contributed by atoms with Crippen LogP contribution < -0.4 is 0 Å². The molecular weight excluding hydrogens is 349 g/mol. The van der Waals surface area contributed by atoms with Crippen molar-refractivity contribution in [1.29, 1.82) is 0 Å². The van der Waals surface area contributed by atoms with Crippen molar-refractivity contribution in [2.24, 2.45) is 0 Å². The molecule has 0 bridgehead atoms. The highest BCUT2D eigenvalue weighted by molar-refractivity contribution is 7.92. The highest BCUT2D eigenvalue weighted by Gasteiger charge is 2.40. The Labute approximate surface area is 152 Å². The van der Waals surface area contributed by atoms with Crippen LogP contribution in [0, 0.1) is 6.92 Å². The zero-order chi connectivity index (χ0) is 19.4. The number of imidazole rings is 1. The third kappa shape index (κ3) is 4.87. The molecule has 0 N–H and O–H groups in total. The molecular formula is C16H26FN3O4S. The van der Waals surface area contributed by atoms with Gasteiger partial charge in [0.1, 0.15) is 17.5 Å². The van der Waals surface area contributed by atoms with Crippen LogP contribution >= 0.6 is 12.3 Å². The van der Waals surface area contributed by atoms with E-state index in [-0.39, 0.29) is 25.3 Å². The van der Waals surface area contributed by atoms with E-state index in [9.17, 15) is 13.5 Å². The Kier molecular flexibility index (Phi) is 7.28. The Morgan fingerprint density at radius 2 is 1.92 bits per heavy atom. The van der Waals surface area contributed by atoms with Gasteiger partial charge in [-0.2, -0.15) is 0 Å². The number of hydrogen-bond donors (Lipinski definition) is 0. The SMILES string of the molecule is CC.COC(=O)[C@@H]1Cc2nc(C)n(SF)c2CN1C(=O)OC(C)(C)C. The number of esters is 1. The highest BCUT2D eigenvalue weighted by Crippen LogP contribution is 2.29. The predicted molar refractivity (Wildman–Crippen MR) is 93.7 cm³/mol. The third-order valence-corrected chi connectivity index (χ3v) is 4.04. The summed E-state index contributed by atoms with van der Waals surface area (Å²) < 4.78 is 24.6. The molecule has 0 saturated heterocycles. The van der Waals surface area contributed by atoms with Gasteiger partial charge in [-0.15, -0.1) is 3.89 Å². The summed E-state index contributed by atoms with van der Waals surface area (Å²) >= 11 is 0.0182. The average molecular weight is 375 g/mol. The molecule has 142 valence electrons. The summed E-state index contributed by atoms with van der Waals surface area (Å²) in [5.74, 6) is -0.0845. The fourth-order valence-corrected chi connectivity index (χ4v) is 2.84. The molecule has 0 aliphatic carbocycles. The van der Waals surface area contributed by atoms with Crippen LogP contribution in [-0.4, -0.2) is 44.7 Å². The number of aryl methyl sites for hydroxylation is 1. The lowest BCUT2D eigenvalue weighted by Crippen LogP contribution is -2.50. The van der Waals surface area contributed by atoms with Gasteiger partial charge >= 0.3 is 12.1 Å². The van der Waals surface area contributed by atoms with Gasteiger partial charge in [0.05, 0.1) is 25.0 Å². The summed E-state index contributed by atoms with van der Waals surface area (Å²) in [6, 6.07) is -0.838. The molecule has 1 aliphatic heterocycles. The molecule has 0 spiro atoms. The molecule has 1 aliphatic rings. The molecule has 9 heteroatoms. The number of ether oxygens (including phenoxy) is 2. The highest BCUT2D eigenvalue weighted by atomic mass is 32.2. The number of nitrogens with zero attached hydrogens (tertiary/aromatic N) is 3. The fourth-order valence-electron chi connectivity index (χ4n) is 2.45. The van der Waals surface area contributed by atoms with Crippen LogP contribution in [0.5, 0.6) is 0 Å². The molecule has 2 heterocycles. The number of carbonyl (C=O) groups excluding carboxylic acids is 2. The van der Waals surface area contributed by atoms with E-state index in [1.54, 1.807) is 27.7 Å². The summed E-state index contributed by atoms with van der Waals surface area (Å²) in [6.07, 6.45) is -0.483. The number of halogens is 1. The van der Waals surface area contributed by atoms with Crippen LogP contribution in [0.4, 0.5) is 8.68 Å². The number of fused-ring (bicyclic) bond motifs is 1. The molecule has 1 aromatic heterocycles. The van der Waals surface area contributed by atoms with E-state index < -0.39 is 23.7 Å². The van der Waals surface area contributed by atoms with E-state index in [2.05, 4.69) is 4.98 Å². The molecule has 1 amide bonds. The Balaban J connectivity index is 0.00000151. The summed E-state index contributed by atoms with van der Waals surface area (Å²) in [7, 11) is 1.26. The Morgan fingerprint density at radius 1 is 1.32 bits per heavy atom. The molecule has 0 radical (unpaired) electrons. The molecule has 0 fully saturated rings. The van der Waals surface area contributed by atoms with Gasteiger partial charge in [0.25, 0.3) is 0 Å². The first-order valence-electron chi connectivity index (χ1n) is 8.11. The van der Waals surface area contributed by atoms with Crippen LogP contribution in [0.15, 0.2) is 0 Å². The predicted octanol–water partition coefficient (Wildman–Crippen LogP) is 3.43. The maximum absolute atomic E-state index is 13.1. The standard InChI is InChI=1S/C14H20FN3O4S.C2H6/c1-8-16-9-6-10(12(19)21-5)17(7-11(9)18(8)23-15)13(20)22-14(2,3)4;1-2/h10H,6-7H2,1-5H3;1-2H3/t10-;/m0./s1. The molecule has 0 unspecified atom stereocenters. The van der Waals surface area contributed by atoms with Gasteiger partial charge in [-0.3, -0.25) is 4.90 Å². The summed E-state index contributed by atoms with van der Waals surface area (Å²) in [4.78, 5) is 30.0. The van der Waals surface area contributed by atoms with Crippen LogP contribution in [0.3, 0.4) is 0 Å². The van der Waals surface area contributed by atoms with E-state index in [1.165, 1.54) is 16.0 Å². The minimum Gasteiger partial charge on any atom is -0.467 e. The van der Waals surface area contributed by atoms with Crippen LogP contribution in [0.25, 0.3) is 0 Å². The number of hydrogen-bond acceptors (Lipinski definition) is 6. The molecule has 25 heavy (non-hydrogen) atoms. The minimum absolute atomic E-state index is 0.0182. The number of methoxy groups -OCH3 is 1. The molecule has 1 atom stereocenters. The summed E-state index contributed by atoms with van der Waals surface area (Å²) in [5, 5.41) is 0. The number of amides is 1. The molecule has 0 aromatic carbocycles. The topological polar surface area (TPSA) is 73.7 Å². The van der Waals surface area contributed by atoms with Gasteiger partial charge < -0.3 is 9.47 Å². The molecule has 2 rings (SSSR count). The third-order valence-electron chi connectivity index (χ3n) is 3.42. The quantitative estimate of drug-likeness (QED) is 0.737. The molecule has 7 nitrogen and oxygen atoms in total. The van der Waals surface area contributed by atoms with E-state index in [4.69, 9.17) is 9.47 Å². The summed E-state index contributed by atoms with van der Waals surface area (Å²) in [5.41, 5.74) is 0.423. The van der Waals surface area contributed by atoms with Crippen molar-refractivity contribution in [3.05, 3.63) is 17.2 Å². The Morgan fingerprint density at radius 3 is 2.40 bits per heavy atom. The molecule has 0 saturated carbocycles. The number of carbonyl (C=O) groups is 2. The van der Waals surface area contributed by atoms with Crippen LogP contribution in [0.1, 0.15) is 51.8 Å². The second-order valence-electron chi connectivity index (χ2n) is 6.27. The number of aromatic nitrogens is 2. The smallest absolute Gasteiger partial charge is 0.411 e. The number of rotatable bonds is 2. The first-order valence-corrected chi connectivity index (χ1v) is 8.79. The van der Waals surface area contributed by atoms with Gasteiger partial charge in [-0.05, 0) is 27.7 Å². The van der Waals surface area contributed by atoms with E-state index >= 15 is 0 Å². The van der Waals surface area contributed by atoms with Crippen molar-refractivity contribution >= 4 is 24.4 Å². The van der Waals surface area contributed by atoms with Crippen LogP contribution in [-0.2, 0) is 27.2 Å². The minimum atomic E-state index is -0.838. The van der Waals surface area contributed by atoms with Crippen molar-refractivity contribution in [3.63, 3.8) is 0 Å². The second-order valence-corrected chi connectivity index (χ2v) is 6.77. The van der Waals surface area contributed by atoms with Crippen molar-refractivity contribution in [2.75, 3.05) is 7.11 Å². The second kappa shape index (κ2) is 8.55. The normalized spacial score (nSPS) is 16.5. The van der Waals surface area contributed by atoms with Gasteiger partial charge in [0.2, 0.25) is 0 Å². The lowest BCUT2D eigenvalue weighted by atomic mass is 10.0. The summed E-state index contributed by atoms with van der Waals surface area (Å²) in [6.45, 7) is 10.9. The van der Waals surface area contributed by atoms with E-state index in [0.717, 1.165) is 0 Å². The van der Waals surface area contributed by atoms with Crippen molar-refractivity contribution in [1.82, 2.24) is 13.9 Å². The van der Waals surface area contributed by atoms with E-state index in [1.807, 2.05) is 13.8 Å². The Bertz CT molecular complexity index is 628.